The van der Waals surface area contributed by atoms with E-state index >= 15 is 0 Å². The van der Waals surface area contributed by atoms with Crippen LogP contribution in [-0.4, -0.2) is 40.3 Å². The molecule has 118 valence electrons. The highest BCUT2D eigenvalue weighted by atomic mass is 16.6. The maximum atomic E-state index is 12.5. The topological polar surface area (TPSA) is 60.5 Å². The van der Waals surface area contributed by atoms with Crippen LogP contribution in [0.4, 0.5) is 0 Å². The van der Waals surface area contributed by atoms with Crippen molar-refractivity contribution in [2.45, 2.75) is 33.2 Å². The summed E-state index contributed by atoms with van der Waals surface area (Å²) < 4.78 is 12.7. The van der Waals surface area contributed by atoms with Gasteiger partial charge >= 0.3 is 0 Å². The highest BCUT2D eigenvalue weighted by molar-refractivity contribution is 5.91. The van der Waals surface area contributed by atoms with Crippen LogP contribution in [0.2, 0.25) is 0 Å². The van der Waals surface area contributed by atoms with Crippen LogP contribution in [0.15, 0.2) is 22.6 Å². The molecule has 6 nitrogen and oxygen atoms in total. The molecule has 1 aliphatic rings. The average molecular weight is 303 g/mol. The Bertz CT molecular complexity index is 674. The Kier molecular flexibility index (Phi) is 3.92. The first-order chi connectivity index (χ1) is 10.6. The summed E-state index contributed by atoms with van der Waals surface area (Å²) in [6.07, 6.45) is 0.909. The third kappa shape index (κ3) is 2.73. The fourth-order valence-electron chi connectivity index (χ4n) is 2.95. The number of carbonyl (C=O) groups excluding carboxylic acids is 1. The fraction of sp³-hybridized carbons (Fsp3) is 0.500. The number of likely N-dealkylation sites (tertiary alicyclic amines) is 1. The van der Waals surface area contributed by atoms with Crippen molar-refractivity contribution in [2.75, 3.05) is 19.7 Å². The van der Waals surface area contributed by atoms with Gasteiger partial charge in [0, 0.05) is 24.8 Å². The number of carbonyl (C=O) groups is 1. The van der Waals surface area contributed by atoms with Gasteiger partial charge in [-0.05, 0) is 39.3 Å². The minimum absolute atomic E-state index is 0.0880. The summed E-state index contributed by atoms with van der Waals surface area (Å²) >= 11 is 0. The predicted octanol–water partition coefficient (Wildman–Crippen LogP) is 2.58. The number of amides is 1. The lowest BCUT2D eigenvalue weighted by Gasteiger charge is -2.16. The van der Waals surface area contributed by atoms with Crippen LogP contribution in [0.25, 0.3) is 0 Å². The molecule has 3 rings (SSSR count). The van der Waals surface area contributed by atoms with Gasteiger partial charge < -0.3 is 14.1 Å². The van der Waals surface area contributed by atoms with E-state index in [1.54, 1.807) is 12.1 Å². The normalized spacial score (nSPS) is 18.0. The second-order valence-corrected chi connectivity index (χ2v) is 5.62. The molecule has 1 fully saturated rings. The number of ether oxygens (including phenoxy) is 1. The van der Waals surface area contributed by atoms with Crippen molar-refractivity contribution in [3.63, 3.8) is 0 Å². The summed E-state index contributed by atoms with van der Waals surface area (Å²) in [7, 11) is 0. The first-order valence-corrected chi connectivity index (χ1v) is 7.63. The Balaban J connectivity index is 1.69. The molecule has 0 spiro atoms. The Labute approximate surface area is 129 Å². The standard InChI is InChI=1S/C16H21N3O3/c1-4-21-15-6-5-14(22-15)16(20)18-8-7-13(10-18)19-12(3)9-11(2)17-19/h5-6,9,13H,4,7-8,10H2,1-3H3/t13-/m0/s1. The first kappa shape index (κ1) is 14.7. The number of aromatic nitrogens is 2. The largest absolute Gasteiger partial charge is 0.465 e. The van der Waals surface area contributed by atoms with Crippen molar-refractivity contribution in [3.05, 3.63) is 35.3 Å². The van der Waals surface area contributed by atoms with Crippen LogP contribution in [-0.2, 0) is 0 Å². The van der Waals surface area contributed by atoms with Gasteiger partial charge in [-0.25, -0.2) is 0 Å². The van der Waals surface area contributed by atoms with E-state index in [0.717, 1.165) is 17.8 Å². The zero-order valence-corrected chi connectivity index (χ0v) is 13.2. The summed E-state index contributed by atoms with van der Waals surface area (Å²) in [5.74, 6) is 0.632. The highest BCUT2D eigenvalue weighted by Crippen LogP contribution is 2.25. The summed E-state index contributed by atoms with van der Waals surface area (Å²) in [5.41, 5.74) is 2.14. The summed E-state index contributed by atoms with van der Waals surface area (Å²) in [6, 6.07) is 5.65. The van der Waals surface area contributed by atoms with E-state index in [-0.39, 0.29) is 11.9 Å². The molecular weight excluding hydrogens is 282 g/mol. The van der Waals surface area contributed by atoms with Crippen molar-refractivity contribution >= 4 is 5.91 Å². The molecule has 22 heavy (non-hydrogen) atoms. The quantitative estimate of drug-likeness (QED) is 0.871. The van der Waals surface area contributed by atoms with E-state index in [4.69, 9.17) is 9.15 Å². The second-order valence-electron chi connectivity index (χ2n) is 5.62. The van der Waals surface area contributed by atoms with E-state index in [9.17, 15) is 4.79 Å². The SMILES string of the molecule is CCOc1ccc(C(=O)N2CC[C@H](n3nc(C)cc3C)C2)o1. The lowest BCUT2D eigenvalue weighted by Crippen LogP contribution is -2.29. The van der Waals surface area contributed by atoms with Crippen molar-refractivity contribution in [2.24, 2.45) is 0 Å². The maximum Gasteiger partial charge on any atom is 0.289 e. The molecule has 0 aliphatic carbocycles. The Morgan fingerprint density at radius 1 is 1.45 bits per heavy atom. The van der Waals surface area contributed by atoms with Crippen LogP contribution >= 0.6 is 0 Å². The predicted molar refractivity (Wildman–Crippen MR) is 81.1 cm³/mol. The number of aryl methyl sites for hydroxylation is 2. The zero-order valence-electron chi connectivity index (χ0n) is 13.2. The molecule has 2 aromatic heterocycles. The van der Waals surface area contributed by atoms with Crippen LogP contribution in [0.5, 0.6) is 5.95 Å². The number of rotatable bonds is 4. The first-order valence-electron chi connectivity index (χ1n) is 7.63. The molecule has 0 radical (unpaired) electrons. The zero-order chi connectivity index (χ0) is 15.7. The lowest BCUT2D eigenvalue weighted by molar-refractivity contribution is 0.0747. The third-order valence-corrected chi connectivity index (χ3v) is 3.92. The van der Waals surface area contributed by atoms with Gasteiger partial charge in [0.25, 0.3) is 11.9 Å². The fourth-order valence-corrected chi connectivity index (χ4v) is 2.95. The number of furan rings is 1. The average Bonchev–Trinajstić information content (AvgIpc) is 3.18. The molecule has 1 amide bonds. The molecule has 3 heterocycles. The van der Waals surface area contributed by atoms with Gasteiger partial charge in [0.1, 0.15) is 0 Å². The molecule has 1 saturated heterocycles. The summed E-state index contributed by atoms with van der Waals surface area (Å²) in [5, 5.41) is 4.52. The van der Waals surface area contributed by atoms with Crippen LogP contribution < -0.4 is 4.74 Å². The number of nitrogens with zero attached hydrogens (tertiary/aromatic N) is 3. The van der Waals surface area contributed by atoms with Gasteiger partial charge in [0.15, 0.2) is 5.76 Å². The second kappa shape index (κ2) is 5.87. The van der Waals surface area contributed by atoms with E-state index in [1.165, 1.54) is 0 Å². The van der Waals surface area contributed by atoms with Crippen molar-refractivity contribution in [1.82, 2.24) is 14.7 Å². The number of hydrogen-bond acceptors (Lipinski definition) is 4. The Morgan fingerprint density at radius 2 is 2.27 bits per heavy atom. The monoisotopic (exact) mass is 303 g/mol. The smallest absolute Gasteiger partial charge is 0.289 e. The van der Waals surface area contributed by atoms with Crippen LogP contribution in [0, 0.1) is 13.8 Å². The number of hydrogen-bond donors (Lipinski definition) is 0. The molecule has 1 atom stereocenters. The van der Waals surface area contributed by atoms with Gasteiger partial charge in [-0.15, -0.1) is 0 Å². The van der Waals surface area contributed by atoms with Gasteiger partial charge in [-0.1, -0.05) is 0 Å². The molecule has 0 unspecified atom stereocenters. The maximum absolute atomic E-state index is 12.5. The van der Waals surface area contributed by atoms with Gasteiger partial charge in [-0.2, -0.15) is 5.10 Å². The van der Waals surface area contributed by atoms with Crippen molar-refractivity contribution < 1.29 is 13.9 Å². The Morgan fingerprint density at radius 3 is 2.95 bits per heavy atom. The molecule has 0 bridgehead atoms. The van der Waals surface area contributed by atoms with Crippen LogP contribution in [0.1, 0.15) is 41.3 Å². The van der Waals surface area contributed by atoms with E-state index in [1.807, 2.05) is 30.4 Å². The van der Waals surface area contributed by atoms with Crippen LogP contribution in [0.3, 0.4) is 0 Å². The van der Waals surface area contributed by atoms with Crippen molar-refractivity contribution in [3.8, 4) is 5.95 Å². The lowest BCUT2D eigenvalue weighted by atomic mass is 10.2. The van der Waals surface area contributed by atoms with Gasteiger partial charge in [0.05, 0.1) is 18.3 Å². The van der Waals surface area contributed by atoms with E-state index in [0.29, 0.717) is 31.4 Å². The molecule has 0 aromatic carbocycles. The van der Waals surface area contributed by atoms with Gasteiger partial charge in [0.2, 0.25) is 0 Å². The minimum atomic E-state index is -0.0880. The third-order valence-electron chi connectivity index (χ3n) is 3.92. The highest BCUT2D eigenvalue weighted by Gasteiger charge is 2.30. The van der Waals surface area contributed by atoms with Gasteiger partial charge in [-0.3, -0.25) is 9.48 Å². The summed E-state index contributed by atoms with van der Waals surface area (Å²) in [4.78, 5) is 14.3. The summed E-state index contributed by atoms with van der Waals surface area (Å²) in [6.45, 7) is 7.80. The van der Waals surface area contributed by atoms with E-state index < -0.39 is 0 Å². The molecule has 1 aliphatic heterocycles. The molecular formula is C16H21N3O3. The molecule has 0 N–H and O–H groups in total. The Hall–Kier alpha value is -2.24. The molecule has 2 aromatic rings. The van der Waals surface area contributed by atoms with Crippen molar-refractivity contribution in [1.29, 1.82) is 0 Å². The molecule has 6 heteroatoms. The van der Waals surface area contributed by atoms with E-state index in [2.05, 4.69) is 11.2 Å². The minimum Gasteiger partial charge on any atom is -0.465 e. The molecule has 0 saturated carbocycles.